The smallest absolute Gasteiger partial charge is 0.162 e. The molecule has 0 radical (unpaired) electrons. The molecule has 0 amide bonds. The van der Waals surface area contributed by atoms with E-state index in [1.54, 1.807) is 0 Å². The number of nitrogens with zero attached hydrogens (tertiary/aromatic N) is 4. The van der Waals surface area contributed by atoms with Crippen LogP contribution in [0, 0.1) is 0 Å². The van der Waals surface area contributed by atoms with E-state index < -0.39 is 0 Å². The first-order valence-corrected chi connectivity index (χ1v) is 12.4. The summed E-state index contributed by atoms with van der Waals surface area (Å²) in [5, 5.41) is 7.69. The molecule has 3 aromatic heterocycles. The van der Waals surface area contributed by atoms with Gasteiger partial charge in [-0.1, -0.05) is 18.2 Å². The Kier molecular flexibility index (Phi) is 6.16. The zero-order chi connectivity index (χ0) is 23.6. The van der Waals surface area contributed by atoms with Crippen molar-refractivity contribution < 1.29 is 4.74 Å². The summed E-state index contributed by atoms with van der Waals surface area (Å²) in [4.78, 5) is 20.2. The van der Waals surface area contributed by atoms with Crippen molar-refractivity contribution in [1.29, 1.82) is 0 Å². The maximum Gasteiger partial charge on any atom is 0.162 e. The average molecular weight is 470 g/mol. The SMILES string of the molecule is CNCCNCc1cccc(-c2cc(N3CC4CCC(C3)O4)nc(-c3ccnc4[nH]ccc34)n2)c1. The summed E-state index contributed by atoms with van der Waals surface area (Å²) in [6.45, 7) is 4.44. The zero-order valence-corrected chi connectivity index (χ0v) is 20.0. The van der Waals surface area contributed by atoms with Crippen molar-refractivity contribution in [3.63, 3.8) is 0 Å². The number of aromatic nitrogens is 4. The van der Waals surface area contributed by atoms with E-state index in [1.165, 1.54) is 5.56 Å². The second-order valence-electron chi connectivity index (χ2n) is 9.38. The van der Waals surface area contributed by atoms with Crippen molar-refractivity contribution in [3.05, 3.63) is 60.4 Å². The molecule has 1 aromatic carbocycles. The van der Waals surface area contributed by atoms with E-state index in [-0.39, 0.29) is 0 Å². The molecule has 3 N–H and O–H groups in total. The maximum atomic E-state index is 6.09. The van der Waals surface area contributed by atoms with E-state index in [0.717, 1.165) is 85.1 Å². The number of benzene rings is 1. The molecule has 2 atom stereocenters. The first-order chi connectivity index (χ1) is 17.3. The predicted molar refractivity (Wildman–Crippen MR) is 138 cm³/mol. The van der Waals surface area contributed by atoms with Crippen LogP contribution in [0.4, 0.5) is 5.82 Å². The Bertz CT molecular complexity index is 1310. The molecule has 2 fully saturated rings. The molecule has 2 saturated heterocycles. The Hall–Kier alpha value is -3.33. The van der Waals surface area contributed by atoms with Crippen LogP contribution in [0.25, 0.3) is 33.7 Å². The van der Waals surface area contributed by atoms with E-state index in [0.29, 0.717) is 12.2 Å². The Morgan fingerprint density at radius 2 is 1.94 bits per heavy atom. The normalized spacial score (nSPS) is 19.5. The van der Waals surface area contributed by atoms with E-state index in [9.17, 15) is 0 Å². The van der Waals surface area contributed by atoms with Gasteiger partial charge in [-0.15, -0.1) is 0 Å². The fraction of sp³-hybridized carbons (Fsp3) is 0.370. The number of ether oxygens (including phenoxy) is 1. The van der Waals surface area contributed by atoms with Crippen molar-refractivity contribution in [1.82, 2.24) is 30.6 Å². The minimum atomic E-state index is 0.292. The lowest BCUT2D eigenvalue weighted by molar-refractivity contribution is 0.0302. The van der Waals surface area contributed by atoms with E-state index >= 15 is 0 Å². The van der Waals surface area contributed by atoms with Crippen LogP contribution in [0.2, 0.25) is 0 Å². The second-order valence-corrected chi connectivity index (χ2v) is 9.38. The highest BCUT2D eigenvalue weighted by Crippen LogP contribution is 2.33. The molecule has 4 aromatic rings. The lowest BCUT2D eigenvalue weighted by Gasteiger charge is -2.33. The number of likely N-dealkylation sites (N-methyl/N-ethyl adjacent to an activating group) is 1. The number of hydrogen-bond acceptors (Lipinski definition) is 7. The van der Waals surface area contributed by atoms with Crippen molar-refractivity contribution >= 4 is 16.9 Å². The van der Waals surface area contributed by atoms with E-state index in [1.807, 2.05) is 31.6 Å². The lowest BCUT2D eigenvalue weighted by Crippen LogP contribution is -2.43. The van der Waals surface area contributed by atoms with Crippen LogP contribution in [0.1, 0.15) is 18.4 Å². The minimum absolute atomic E-state index is 0.292. The number of aromatic amines is 1. The van der Waals surface area contributed by atoms with Gasteiger partial charge in [0.05, 0.1) is 17.9 Å². The third-order valence-electron chi connectivity index (χ3n) is 6.88. The lowest BCUT2D eigenvalue weighted by atomic mass is 10.1. The van der Waals surface area contributed by atoms with Crippen LogP contribution < -0.4 is 15.5 Å². The molecule has 8 nitrogen and oxygen atoms in total. The molecule has 6 rings (SSSR count). The molecule has 180 valence electrons. The van der Waals surface area contributed by atoms with Crippen LogP contribution in [-0.4, -0.2) is 65.4 Å². The van der Waals surface area contributed by atoms with Gasteiger partial charge >= 0.3 is 0 Å². The second kappa shape index (κ2) is 9.73. The van der Waals surface area contributed by atoms with Gasteiger partial charge in [-0.25, -0.2) is 15.0 Å². The van der Waals surface area contributed by atoms with E-state index in [4.69, 9.17) is 14.7 Å². The van der Waals surface area contributed by atoms with Crippen LogP contribution in [0.3, 0.4) is 0 Å². The summed E-state index contributed by atoms with van der Waals surface area (Å²) in [7, 11) is 1.97. The van der Waals surface area contributed by atoms with Crippen molar-refractivity contribution in [2.45, 2.75) is 31.6 Å². The van der Waals surface area contributed by atoms with Crippen LogP contribution in [-0.2, 0) is 11.3 Å². The van der Waals surface area contributed by atoms with Gasteiger partial charge in [-0.3, -0.25) is 0 Å². The standard InChI is InChI=1S/C27H31N7O/c1-28-11-12-29-15-18-3-2-4-19(13-18)24-14-25(34-16-20-5-6-21(17-34)35-20)33-27(32-24)23-8-10-31-26-22(23)7-9-30-26/h2-4,7-10,13-14,20-21,28-29H,5-6,11-12,15-17H2,1H3,(H,30,31). The van der Waals surface area contributed by atoms with Crippen molar-refractivity contribution in [3.8, 4) is 22.6 Å². The Balaban J connectivity index is 1.40. The molecule has 8 heteroatoms. The van der Waals surface area contributed by atoms with Crippen molar-refractivity contribution in [2.24, 2.45) is 0 Å². The molecule has 0 spiro atoms. The topological polar surface area (TPSA) is 91.0 Å². The fourth-order valence-electron chi connectivity index (χ4n) is 5.11. The van der Waals surface area contributed by atoms with Crippen LogP contribution in [0.5, 0.6) is 0 Å². The van der Waals surface area contributed by atoms with Gasteiger partial charge in [0.25, 0.3) is 0 Å². The molecule has 2 aliphatic heterocycles. The number of H-pyrrole nitrogens is 1. The van der Waals surface area contributed by atoms with Gasteiger partial charge in [0.2, 0.25) is 0 Å². The highest BCUT2D eigenvalue weighted by molar-refractivity contribution is 5.91. The Morgan fingerprint density at radius 1 is 1.06 bits per heavy atom. The van der Waals surface area contributed by atoms with E-state index in [2.05, 4.69) is 55.8 Å². The van der Waals surface area contributed by atoms with Gasteiger partial charge < -0.3 is 25.3 Å². The molecule has 2 unspecified atom stereocenters. The molecule has 0 saturated carbocycles. The number of fused-ring (bicyclic) bond motifs is 3. The minimum Gasteiger partial charge on any atom is -0.371 e. The molecular formula is C27H31N7O. The largest absolute Gasteiger partial charge is 0.371 e. The first kappa shape index (κ1) is 22.2. The Morgan fingerprint density at radius 3 is 2.80 bits per heavy atom. The van der Waals surface area contributed by atoms with Gasteiger partial charge in [0, 0.05) is 67.7 Å². The summed E-state index contributed by atoms with van der Waals surface area (Å²) < 4.78 is 6.09. The molecule has 2 bridgehead atoms. The number of morpholine rings is 1. The van der Waals surface area contributed by atoms with Crippen LogP contribution in [0.15, 0.2) is 54.9 Å². The number of pyridine rings is 1. The number of rotatable bonds is 8. The summed E-state index contributed by atoms with van der Waals surface area (Å²) in [6, 6.07) is 14.8. The molecule has 2 aliphatic rings. The molecule has 35 heavy (non-hydrogen) atoms. The molecule has 0 aliphatic carbocycles. The Labute approximate surface area is 205 Å². The third-order valence-corrected chi connectivity index (χ3v) is 6.88. The highest BCUT2D eigenvalue weighted by Gasteiger charge is 2.34. The first-order valence-electron chi connectivity index (χ1n) is 12.4. The number of nitrogens with one attached hydrogen (secondary N) is 3. The highest BCUT2D eigenvalue weighted by atomic mass is 16.5. The maximum absolute atomic E-state index is 6.09. The zero-order valence-electron chi connectivity index (χ0n) is 20.0. The summed E-state index contributed by atoms with van der Waals surface area (Å²) in [6.07, 6.45) is 6.57. The quantitative estimate of drug-likeness (QED) is 0.341. The average Bonchev–Trinajstić information content (AvgIpc) is 3.52. The third kappa shape index (κ3) is 4.65. The monoisotopic (exact) mass is 469 g/mol. The van der Waals surface area contributed by atoms with Gasteiger partial charge in [-0.05, 0) is 43.7 Å². The summed E-state index contributed by atoms with van der Waals surface area (Å²) in [5.74, 6) is 1.68. The summed E-state index contributed by atoms with van der Waals surface area (Å²) in [5.41, 5.74) is 5.10. The fourth-order valence-corrected chi connectivity index (χ4v) is 5.11. The van der Waals surface area contributed by atoms with Gasteiger partial charge in [0.15, 0.2) is 5.82 Å². The van der Waals surface area contributed by atoms with Crippen molar-refractivity contribution in [2.75, 3.05) is 38.1 Å². The molecule has 5 heterocycles. The van der Waals surface area contributed by atoms with Crippen LogP contribution >= 0.6 is 0 Å². The predicted octanol–water partition coefficient (Wildman–Crippen LogP) is 3.36. The van der Waals surface area contributed by atoms with Gasteiger partial charge in [-0.2, -0.15) is 0 Å². The number of hydrogen-bond donors (Lipinski definition) is 3. The van der Waals surface area contributed by atoms with Gasteiger partial charge in [0.1, 0.15) is 11.5 Å². The number of anilines is 1. The summed E-state index contributed by atoms with van der Waals surface area (Å²) >= 11 is 0. The molecular weight excluding hydrogens is 438 g/mol.